The van der Waals surface area contributed by atoms with Crippen molar-refractivity contribution in [3.8, 4) is 0 Å². The number of alkyl halides is 1. The Hall–Kier alpha value is -1.13. The summed E-state index contributed by atoms with van der Waals surface area (Å²) in [6.07, 6.45) is 5.89. The van der Waals surface area contributed by atoms with Gasteiger partial charge in [-0.1, -0.05) is 18.9 Å². The Bertz CT molecular complexity index is 608. The Kier molecular flexibility index (Phi) is 4.76. The van der Waals surface area contributed by atoms with Gasteiger partial charge < -0.3 is 9.30 Å². The highest BCUT2D eigenvalue weighted by atomic mass is 35.5. The zero-order chi connectivity index (χ0) is 14.7. The van der Waals surface area contributed by atoms with E-state index in [-0.39, 0.29) is 5.82 Å². The van der Waals surface area contributed by atoms with E-state index >= 15 is 0 Å². The number of ether oxygens (including phenoxy) is 1. The number of fused-ring (bicyclic) bond motifs is 1. The molecule has 0 saturated heterocycles. The molecule has 21 heavy (non-hydrogen) atoms. The molecular formula is C16H20ClFN2O. The molecule has 1 aliphatic carbocycles. The number of para-hydroxylation sites is 1. The number of halogens is 2. The van der Waals surface area contributed by atoms with Gasteiger partial charge >= 0.3 is 0 Å². The summed E-state index contributed by atoms with van der Waals surface area (Å²) < 4.78 is 21.8. The van der Waals surface area contributed by atoms with Gasteiger partial charge in [0.25, 0.3) is 0 Å². The molecule has 1 aromatic heterocycles. The predicted molar refractivity (Wildman–Crippen MR) is 82.3 cm³/mol. The second-order valence-electron chi connectivity index (χ2n) is 5.50. The standard InChI is InChI=1S/C16H20ClFN2O/c17-9-8-15-19-16-13(18)6-3-7-14(16)20(15)10-11-21-12-4-1-2-5-12/h3,6-7,12H,1-2,4-5,8-11H2. The van der Waals surface area contributed by atoms with Crippen LogP contribution in [0.1, 0.15) is 31.5 Å². The van der Waals surface area contributed by atoms with Crippen LogP contribution in [-0.2, 0) is 17.7 Å². The van der Waals surface area contributed by atoms with Crippen LogP contribution >= 0.6 is 11.6 Å². The highest BCUT2D eigenvalue weighted by Gasteiger charge is 2.17. The molecule has 1 aliphatic rings. The van der Waals surface area contributed by atoms with Gasteiger partial charge in [0.2, 0.25) is 0 Å². The number of aromatic nitrogens is 2. The van der Waals surface area contributed by atoms with E-state index in [2.05, 4.69) is 4.98 Å². The monoisotopic (exact) mass is 310 g/mol. The normalized spacial score (nSPS) is 16.1. The second kappa shape index (κ2) is 6.75. The van der Waals surface area contributed by atoms with Gasteiger partial charge in [0.15, 0.2) is 5.82 Å². The van der Waals surface area contributed by atoms with Gasteiger partial charge in [0.05, 0.1) is 18.2 Å². The smallest absolute Gasteiger partial charge is 0.151 e. The third-order valence-electron chi connectivity index (χ3n) is 4.10. The third-order valence-corrected chi connectivity index (χ3v) is 4.29. The van der Waals surface area contributed by atoms with Crippen LogP contribution in [0, 0.1) is 5.82 Å². The van der Waals surface area contributed by atoms with Crippen molar-refractivity contribution in [2.45, 2.75) is 44.8 Å². The van der Waals surface area contributed by atoms with Crippen molar-refractivity contribution in [1.82, 2.24) is 9.55 Å². The van der Waals surface area contributed by atoms with E-state index in [0.717, 1.165) is 24.2 Å². The van der Waals surface area contributed by atoms with Crippen LogP contribution < -0.4 is 0 Å². The maximum absolute atomic E-state index is 13.8. The Balaban J connectivity index is 1.78. The largest absolute Gasteiger partial charge is 0.376 e. The van der Waals surface area contributed by atoms with Crippen molar-refractivity contribution in [3.05, 3.63) is 29.8 Å². The second-order valence-corrected chi connectivity index (χ2v) is 5.88. The topological polar surface area (TPSA) is 27.1 Å². The lowest BCUT2D eigenvalue weighted by Crippen LogP contribution is -2.15. The molecular weight excluding hydrogens is 291 g/mol. The van der Waals surface area contributed by atoms with Gasteiger partial charge in [0, 0.05) is 18.8 Å². The summed E-state index contributed by atoms with van der Waals surface area (Å²) in [5.74, 6) is 1.04. The molecule has 0 N–H and O–H groups in total. The fourth-order valence-electron chi connectivity index (χ4n) is 3.05. The van der Waals surface area contributed by atoms with Crippen molar-refractivity contribution < 1.29 is 9.13 Å². The fourth-order valence-corrected chi connectivity index (χ4v) is 3.22. The van der Waals surface area contributed by atoms with Gasteiger partial charge in [-0.2, -0.15) is 0 Å². The Morgan fingerprint density at radius 2 is 2.14 bits per heavy atom. The molecule has 0 bridgehead atoms. The van der Waals surface area contributed by atoms with Gasteiger partial charge in [-0.25, -0.2) is 9.37 Å². The summed E-state index contributed by atoms with van der Waals surface area (Å²) in [6.45, 7) is 1.34. The fraction of sp³-hybridized carbons (Fsp3) is 0.562. The molecule has 5 heteroatoms. The number of imidazole rings is 1. The summed E-state index contributed by atoms with van der Waals surface area (Å²) in [5.41, 5.74) is 1.25. The SMILES string of the molecule is Fc1cccc2c1nc(CCCl)n2CCOC1CCCC1. The summed E-state index contributed by atoms with van der Waals surface area (Å²) in [7, 11) is 0. The number of aryl methyl sites for hydroxylation is 1. The minimum Gasteiger partial charge on any atom is -0.376 e. The minimum absolute atomic E-state index is 0.279. The lowest BCUT2D eigenvalue weighted by atomic mass is 10.3. The highest BCUT2D eigenvalue weighted by Crippen LogP contribution is 2.22. The highest BCUT2D eigenvalue weighted by molar-refractivity contribution is 6.17. The van der Waals surface area contributed by atoms with E-state index in [1.807, 2.05) is 10.6 Å². The first kappa shape index (κ1) is 14.8. The first-order valence-electron chi connectivity index (χ1n) is 7.61. The van der Waals surface area contributed by atoms with Gasteiger partial charge in [-0.3, -0.25) is 0 Å². The van der Waals surface area contributed by atoms with E-state index < -0.39 is 0 Å². The number of nitrogens with zero attached hydrogens (tertiary/aromatic N) is 2. The summed E-state index contributed by atoms with van der Waals surface area (Å²) in [4.78, 5) is 4.40. The van der Waals surface area contributed by atoms with E-state index in [1.54, 1.807) is 6.07 Å². The molecule has 0 unspecified atom stereocenters. The molecule has 1 saturated carbocycles. The minimum atomic E-state index is -0.279. The molecule has 1 heterocycles. The molecule has 0 amide bonds. The van der Waals surface area contributed by atoms with Crippen molar-refractivity contribution in [3.63, 3.8) is 0 Å². The molecule has 2 aromatic rings. The van der Waals surface area contributed by atoms with Crippen LogP contribution in [0.15, 0.2) is 18.2 Å². The molecule has 0 aliphatic heterocycles. The van der Waals surface area contributed by atoms with Crippen LogP contribution in [0.3, 0.4) is 0 Å². The van der Waals surface area contributed by atoms with Crippen LogP contribution in [-0.4, -0.2) is 28.1 Å². The molecule has 3 rings (SSSR count). The van der Waals surface area contributed by atoms with Crippen LogP contribution in [0.25, 0.3) is 11.0 Å². The number of rotatable bonds is 6. The maximum atomic E-state index is 13.8. The van der Waals surface area contributed by atoms with Crippen LogP contribution in [0.2, 0.25) is 0 Å². The first-order valence-corrected chi connectivity index (χ1v) is 8.14. The summed E-state index contributed by atoms with van der Waals surface area (Å²) in [5, 5.41) is 0. The number of hydrogen-bond donors (Lipinski definition) is 0. The molecule has 0 atom stereocenters. The van der Waals surface area contributed by atoms with Crippen molar-refractivity contribution in [2.24, 2.45) is 0 Å². The van der Waals surface area contributed by atoms with E-state index in [0.29, 0.717) is 37.1 Å². The average molecular weight is 311 g/mol. The van der Waals surface area contributed by atoms with Gasteiger partial charge in [0.1, 0.15) is 11.3 Å². The predicted octanol–water partition coefficient (Wildman–Crippen LogP) is 3.92. The molecule has 0 spiro atoms. The van der Waals surface area contributed by atoms with Crippen molar-refractivity contribution in [1.29, 1.82) is 0 Å². The van der Waals surface area contributed by atoms with Crippen molar-refractivity contribution >= 4 is 22.6 Å². The third kappa shape index (κ3) is 3.22. The van der Waals surface area contributed by atoms with E-state index in [9.17, 15) is 4.39 Å². The number of benzene rings is 1. The quantitative estimate of drug-likeness (QED) is 0.756. The van der Waals surface area contributed by atoms with Gasteiger partial charge in [-0.05, 0) is 25.0 Å². The number of hydrogen-bond acceptors (Lipinski definition) is 2. The van der Waals surface area contributed by atoms with Crippen molar-refractivity contribution in [2.75, 3.05) is 12.5 Å². The lowest BCUT2D eigenvalue weighted by molar-refractivity contribution is 0.0531. The zero-order valence-corrected chi connectivity index (χ0v) is 12.8. The van der Waals surface area contributed by atoms with E-state index in [1.165, 1.54) is 18.9 Å². The lowest BCUT2D eigenvalue weighted by Gasteiger charge is -2.13. The Morgan fingerprint density at radius 3 is 2.90 bits per heavy atom. The molecule has 114 valence electrons. The van der Waals surface area contributed by atoms with Gasteiger partial charge in [-0.15, -0.1) is 11.6 Å². The molecule has 3 nitrogen and oxygen atoms in total. The Labute approximate surface area is 129 Å². The van der Waals surface area contributed by atoms with Crippen LogP contribution in [0.4, 0.5) is 4.39 Å². The Morgan fingerprint density at radius 1 is 1.33 bits per heavy atom. The summed E-state index contributed by atoms with van der Waals surface area (Å²) in [6, 6.07) is 5.07. The molecule has 1 aromatic carbocycles. The van der Waals surface area contributed by atoms with E-state index in [4.69, 9.17) is 16.3 Å². The average Bonchev–Trinajstić information content (AvgIpc) is 3.09. The maximum Gasteiger partial charge on any atom is 0.151 e. The van der Waals surface area contributed by atoms with Crippen LogP contribution in [0.5, 0.6) is 0 Å². The summed E-state index contributed by atoms with van der Waals surface area (Å²) >= 11 is 5.83. The molecule has 1 fully saturated rings. The molecule has 0 radical (unpaired) electrons. The zero-order valence-electron chi connectivity index (χ0n) is 12.0. The first-order chi connectivity index (χ1) is 10.3.